The van der Waals surface area contributed by atoms with Crippen molar-refractivity contribution in [2.24, 2.45) is 17.8 Å². The van der Waals surface area contributed by atoms with Gasteiger partial charge in [-0.3, -0.25) is 19.1 Å². The Kier molecular flexibility index (Phi) is 10.8. The van der Waals surface area contributed by atoms with E-state index in [1.807, 2.05) is 26.0 Å². The molecule has 1 saturated heterocycles. The Bertz CT molecular complexity index is 1960. The number of amides is 4. The van der Waals surface area contributed by atoms with Crippen LogP contribution in [0.5, 0.6) is 11.5 Å². The first-order chi connectivity index (χ1) is 25.0. The zero-order valence-corrected chi connectivity index (χ0v) is 32.3. The molecule has 7 atom stereocenters. The third kappa shape index (κ3) is 7.88. The van der Waals surface area contributed by atoms with E-state index in [0.717, 1.165) is 6.42 Å². The number of carboxylic acid groups (broad SMARTS) is 1. The first-order valence-corrected chi connectivity index (χ1v) is 20.2. The number of aromatic nitrogens is 1. The zero-order valence-electron chi connectivity index (χ0n) is 30.0. The number of hydrogen-bond donors (Lipinski definition) is 4. The number of hydrogen-bond acceptors (Lipinski definition) is 9. The summed E-state index contributed by atoms with van der Waals surface area (Å²) in [6.07, 6.45) is 4.23. The van der Waals surface area contributed by atoms with Gasteiger partial charge in [0.1, 0.15) is 29.5 Å². The standard InChI is InChI=1S/C36H45Cl2N5O9S/c1-5-51-22-10-11-25-24(15-22)27(37)29(30(38)39-25)52-23-16-26-31(44)41-36(33(46)42-53(49,50)35(4)12-13-35)17-21(36)9-7-6-8-19(2)14-20(3)28(40-34(47)48)32(45)43(26)18-23/h7,9-11,15,19-21,23,26,28,40H,5-6,8,12-14,16-18H2,1-4H3,(H,41,44)(H,42,46)(H,47,48)/b9-7-/t19-,20-,21-,23-,26+,28+,36-/m1/s1. The molecule has 2 saturated carbocycles. The van der Waals surface area contributed by atoms with Gasteiger partial charge in [0.05, 0.1) is 28.4 Å². The topological polar surface area (TPSA) is 193 Å². The third-order valence-electron chi connectivity index (χ3n) is 10.9. The quantitative estimate of drug-likeness (QED) is 0.213. The summed E-state index contributed by atoms with van der Waals surface area (Å²) in [5.41, 5.74) is -1.09. The van der Waals surface area contributed by atoms with Gasteiger partial charge in [0.2, 0.25) is 21.8 Å². The molecule has 0 unspecified atom stereocenters. The van der Waals surface area contributed by atoms with Gasteiger partial charge in [0, 0.05) is 17.7 Å². The summed E-state index contributed by atoms with van der Waals surface area (Å²) in [6.45, 7) is 7.47. The highest BCUT2D eigenvalue weighted by molar-refractivity contribution is 7.91. The van der Waals surface area contributed by atoms with Gasteiger partial charge in [-0.05, 0) is 82.4 Å². The molecule has 0 bridgehead atoms. The van der Waals surface area contributed by atoms with Crippen molar-refractivity contribution in [2.75, 3.05) is 13.2 Å². The molecule has 2 aliphatic carbocycles. The van der Waals surface area contributed by atoms with Crippen molar-refractivity contribution in [1.29, 1.82) is 0 Å². The lowest BCUT2D eigenvalue weighted by Crippen LogP contribution is -2.59. The van der Waals surface area contributed by atoms with Gasteiger partial charge in [0.15, 0.2) is 10.9 Å². The van der Waals surface area contributed by atoms with Gasteiger partial charge in [0.25, 0.3) is 5.91 Å². The van der Waals surface area contributed by atoms with Crippen molar-refractivity contribution in [3.8, 4) is 11.5 Å². The van der Waals surface area contributed by atoms with Crippen LogP contribution in [0.1, 0.15) is 72.6 Å². The van der Waals surface area contributed by atoms with Gasteiger partial charge >= 0.3 is 6.09 Å². The monoisotopic (exact) mass is 793 g/mol. The van der Waals surface area contributed by atoms with Crippen molar-refractivity contribution in [2.45, 2.75) is 101 Å². The third-order valence-corrected chi connectivity index (χ3v) is 13.7. The average molecular weight is 795 g/mol. The van der Waals surface area contributed by atoms with E-state index >= 15 is 0 Å². The highest BCUT2D eigenvalue weighted by Crippen LogP contribution is 2.48. The van der Waals surface area contributed by atoms with Gasteiger partial charge < -0.3 is 30.1 Å². The summed E-state index contributed by atoms with van der Waals surface area (Å²) in [6, 6.07) is 2.70. The minimum absolute atomic E-state index is 0.0273. The van der Waals surface area contributed by atoms with Crippen molar-refractivity contribution in [3.05, 3.63) is 40.5 Å². The highest BCUT2D eigenvalue weighted by atomic mass is 35.5. The van der Waals surface area contributed by atoms with E-state index in [0.29, 0.717) is 48.9 Å². The molecule has 0 radical (unpaired) electrons. The van der Waals surface area contributed by atoms with Gasteiger partial charge in [-0.2, -0.15) is 0 Å². The van der Waals surface area contributed by atoms with E-state index in [1.165, 1.54) is 4.90 Å². The summed E-state index contributed by atoms with van der Waals surface area (Å²) < 4.78 is 39.3. The molecule has 53 heavy (non-hydrogen) atoms. The van der Waals surface area contributed by atoms with E-state index in [2.05, 4.69) is 20.3 Å². The number of benzene rings is 1. The van der Waals surface area contributed by atoms with Crippen LogP contribution in [-0.4, -0.2) is 88.8 Å². The number of fused-ring (bicyclic) bond motifs is 3. The van der Waals surface area contributed by atoms with Crippen molar-refractivity contribution < 1.29 is 42.2 Å². The number of allylic oxidation sites excluding steroid dienone is 1. The van der Waals surface area contributed by atoms with Gasteiger partial charge in [-0.25, -0.2) is 18.2 Å². The largest absolute Gasteiger partial charge is 0.494 e. The maximum absolute atomic E-state index is 14.4. The smallest absolute Gasteiger partial charge is 0.405 e. The predicted octanol–water partition coefficient (Wildman–Crippen LogP) is 4.81. The molecular formula is C36H45Cl2N5O9S. The number of carbonyl (C=O) groups excluding carboxylic acids is 3. The van der Waals surface area contributed by atoms with E-state index < -0.39 is 74.1 Å². The predicted molar refractivity (Wildman–Crippen MR) is 197 cm³/mol. The van der Waals surface area contributed by atoms with Crippen LogP contribution in [0, 0.1) is 17.8 Å². The van der Waals surface area contributed by atoms with Gasteiger partial charge in [-0.15, -0.1) is 0 Å². The molecule has 2 aromatic rings. The number of nitrogens with one attached hydrogen (secondary N) is 3. The Morgan fingerprint density at radius 3 is 2.58 bits per heavy atom. The number of carbonyl (C=O) groups is 4. The molecule has 4 N–H and O–H groups in total. The SMILES string of the molecule is CCOc1ccc2nc(Cl)c(O[C@@H]3C[C@H]4C(=O)N[C@]5(C(=O)NS(=O)(=O)C6(C)CC6)C[C@H]5/C=C\CC[C@@H](C)C[C@@H](C)[C@H](NC(=O)O)C(=O)N4C3)c(Cl)c2c1. The molecule has 4 aliphatic rings. The number of rotatable bonds is 8. The fraction of sp³-hybridized carbons (Fsp3) is 0.583. The first-order valence-electron chi connectivity index (χ1n) is 17.9. The summed E-state index contributed by atoms with van der Waals surface area (Å²) in [5.74, 6) is -2.46. The molecule has 0 spiro atoms. The van der Waals surface area contributed by atoms with E-state index in [-0.39, 0.29) is 41.2 Å². The minimum Gasteiger partial charge on any atom is -0.494 e. The van der Waals surface area contributed by atoms with Crippen LogP contribution in [-0.2, 0) is 24.4 Å². The first kappa shape index (κ1) is 38.9. The number of nitrogens with zero attached hydrogens (tertiary/aromatic N) is 2. The Balaban J connectivity index is 1.35. The maximum atomic E-state index is 14.4. The molecule has 3 heterocycles. The number of sulfonamides is 1. The van der Waals surface area contributed by atoms with Crippen LogP contribution in [0.15, 0.2) is 30.4 Å². The van der Waals surface area contributed by atoms with E-state index in [1.54, 1.807) is 32.0 Å². The molecule has 288 valence electrons. The molecule has 14 nitrogen and oxygen atoms in total. The molecule has 3 fully saturated rings. The second-order valence-corrected chi connectivity index (χ2v) is 18.0. The second-order valence-electron chi connectivity index (χ2n) is 15.0. The Morgan fingerprint density at radius 2 is 1.91 bits per heavy atom. The van der Waals surface area contributed by atoms with Crippen LogP contribution >= 0.6 is 23.2 Å². The summed E-state index contributed by atoms with van der Waals surface area (Å²) in [4.78, 5) is 60.2. The Labute approximate surface area is 318 Å². The van der Waals surface area contributed by atoms with E-state index in [9.17, 15) is 32.7 Å². The molecule has 1 aromatic heterocycles. The second kappa shape index (κ2) is 14.8. The van der Waals surface area contributed by atoms with E-state index in [4.69, 9.17) is 32.7 Å². The van der Waals surface area contributed by atoms with Crippen molar-refractivity contribution in [1.82, 2.24) is 25.2 Å². The van der Waals surface area contributed by atoms with Gasteiger partial charge in [-0.1, -0.05) is 49.2 Å². The van der Waals surface area contributed by atoms with Crippen LogP contribution in [0.2, 0.25) is 10.2 Å². The number of pyridine rings is 1. The molecule has 2 aliphatic heterocycles. The van der Waals surface area contributed by atoms with Crippen molar-refractivity contribution >= 4 is 67.9 Å². The Hall–Kier alpha value is -3.82. The lowest BCUT2D eigenvalue weighted by Gasteiger charge is -2.32. The summed E-state index contributed by atoms with van der Waals surface area (Å²) >= 11 is 13.4. The zero-order chi connectivity index (χ0) is 38.5. The molecule has 6 rings (SSSR count). The minimum atomic E-state index is -4.02. The lowest BCUT2D eigenvalue weighted by molar-refractivity contribution is -0.142. The molecule has 17 heteroatoms. The summed E-state index contributed by atoms with van der Waals surface area (Å²) in [7, 11) is -4.02. The Morgan fingerprint density at radius 1 is 1.17 bits per heavy atom. The average Bonchev–Trinajstić information content (AvgIpc) is 3.97. The highest BCUT2D eigenvalue weighted by Gasteiger charge is 2.63. The summed E-state index contributed by atoms with van der Waals surface area (Å²) in [5, 5.41) is 15.6. The van der Waals surface area contributed by atoms with Crippen LogP contribution in [0.4, 0.5) is 4.79 Å². The van der Waals surface area contributed by atoms with Crippen molar-refractivity contribution in [3.63, 3.8) is 0 Å². The number of ether oxygens (including phenoxy) is 2. The number of halogens is 2. The maximum Gasteiger partial charge on any atom is 0.405 e. The molecule has 4 amide bonds. The fourth-order valence-electron chi connectivity index (χ4n) is 7.41. The van der Waals surface area contributed by atoms with Crippen LogP contribution in [0.3, 0.4) is 0 Å². The molecular weight excluding hydrogens is 749 g/mol. The normalized spacial score (nSPS) is 30.5. The van der Waals surface area contributed by atoms with Crippen LogP contribution in [0.25, 0.3) is 10.9 Å². The van der Waals surface area contributed by atoms with Crippen LogP contribution < -0.4 is 24.8 Å². The lowest BCUT2D eigenvalue weighted by atomic mass is 9.88. The molecule has 1 aromatic carbocycles. The fourth-order valence-corrected chi connectivity index (χ4v) is 9.29.